The van der Waals surface area contributed by atoms with Crippen molar-refractivity contribution in [2.45, 2.75) is 11.8 Å². The molecule has 3 heteroatoms. The van der Waals surface area contributed by atoms with Gasteiger partial charge in [-0.3, -0.25) is 0 Å². The van der Waals surface area contributed by atoms with E-state index in [1.165, 1.54) is 16.0 Å². The minimum Gasteiger partial charge on any atom is -0.502 e. The zero-order valence-corrected chi connectivity index (χ0v) is 10.9. The average Bonchev–Trinajstić information content (AvgIpc) is 2.39. The molecule has 1 aliphatic heterocycles. The molecule has 0 amide bonds. The largest absolute Gasteiger partial charge is 0.502 e. The fraction of sp³-hybridized carbons (Fsp3) is 0.133. The number of aromatic hydroxyl groups is 1. The van der Waals surface area contributed by atoms with Gasteiger partial charge in [-0.05, 0) is 24.6 Å². The monoisotopic (exact) mass is 256 g/mol. The summed E-state index contributed by atoms with van der Waals surface area (Å²) >= 11 is 1.81. The topological polar surface area (TPSA) is 23.2 Å². The Labute approximate surface area is 111 Å². The lowest BCUT2D eigenvalue weighted by atomic mass is 10.1. The van der Waals surface area contributed by atoms with Gasteiger partial charge >= 0.3 is 0 Å². The third-order valence-electron chi connectivity index (χ3n) is 3.08. The predicted molar refractivity (Wildman–Crippen MR) is 75.1 cm³/mol. The third-order valence-corrected chi connectivity index (χ3v) is 4.33. The Morgan fingerprint density at radius 1 is 1.11 bits per heavy atom. The molecule has 2 nitrogen and oxygen atoms in total. The third kappa shape index (κ3) is 1.91. The molecule has 0 saturated carbocycles. The van der Waals surface area contributed by atoms with Gasteiger partial charge in [0.2, 0.25) is 5.69 Å². The molecule has 1 N–H and O–H groups in total. The minimum absolute atomic E-state index is 0.324. The van der Waals surface area contributed by atoms with Gasteiger partial charge in [0.15, 0.2) is 17.8 Å². The smallest absolute Gasteiger partial charge is 0.248 e. The molecule has 1 aliphatic rings. The highest BCUT2D eigenvalue weighted by Crippen LogP contribution is 2.33. The van der Waals surface area contributed by atoms with Crippen LogP contribution in [0.1, 0.15) is 11.1 Å². The number of aryl methyl sites for hydroxylation is 1. The number of hydrogen-bond donors (Lipinski definition) is 1. The van der Waals surface area contributed by atoms with Crippen molar-refractivity contribution < 1.29 is 9.68 Å². The second kappa shape index (κ2) is 4.50. The Morgan fingerprint density at radius 3 is 2.78 bits per heavy atom. The van der Waals surface area contributed by atoms with Crippen molar-refractivity contribution in [2.75, 3.05) is 5.88 Å². The molecule has 0 spiro atoms. The van der Waals surface area contributed by atoms with Crippen LogP contribution in [0, 0.1) is 6.92 Å². The van der Waals surface area contributed by atoms with Crippen molar-refractivity contribution in [3.05, 3.63) is 53.6 Å². The Bertz CT molecular complexity index is 634. The van der Waals surface area contributed by atoms with Gasteiger partial charge in [0.1, 0.15) is 0 Å². The van der Waals surface area contributed by atoms with E-state index < -0.39 is 0 Å². The van der Waals surface area contributed by atoms with Gasteiger partial charge < -0.3 is 5.11 Å². The van der Waals surface area contributed by atoms with Crippen LogP contribution in [-0.2, 0) is 0 Å². The molecule has 1 heterocycles. The van der Waals surface area contributed by atoms with E-state index in [4.69, 9.17) is 0 Å². The van der Waals surface area contributed by atoms with E-state index in [0.717, 1.165) is 11.6 Å². The van der Waals surface area contributed by atoms with Gasteiger partial charge in [-0.15, -0.1) is 0 Å². The fourth-order valence-electron chi connectivity index (χ4n) is 2.16. The van der Waals surface area contributed by atoms with Crippen LogP contribution in [0.5, 0.6) is 5.75 Å². The Kier molecular flexibility index (Phi) is 2.84. The highest BCUT2D eigenvalue weighted by atomic mass is 32.2. The number of benzene rings is 2. The summed E-state index contributed by atoms with van der Waals surface area (Å²) in [5, 5.41) is 9.89. The molecule has 3 rings (SSSR count). The molecular weight excluding hydrogens is 242 g/mol. The van der Waals surface area contributed by atoms with Crippen LogP contribution in [0.25, 0.3) is 0 Å². The predicted octanol–water partition coefficient (Wildman–Crippen LogP) is 3.53. The van der Waals surface area contributed by atoms with Crippen molar-refractivity contribution in [1.82, 2.24) is 0 Å². The highest BCUT2D eigenvalue weighted by molar-refractivity contribution is 7.99. The fourth-order valence-corrected chi connectivity index (χ4v) is 3.22. The summed E-state index contributed by atoms with van der Waals surface area (Å²) in [5.41, 5.74) is 3.39. The van der Waals surface area contributed by atoms with Crippen LogP contribution in [0.4, 0.5) is 5.69 Å². The van der Waals surface area contributed by atoms with Gasteiger partial charge in [-0.2, -0.15) is 4.58 Å². The molecule has 0 aromatic heterocycles. The first-order chi connectivity index (χ1) is 8.75. The molecule has 2 aromatic rings. The maximum absolute atomic E-state index is 9.89. The van der Waals surface area contributed by atoms with E-state index in [9.17, 15) is 5.11 Å². The molecule has 0 aliphatic carbocycles. The maximum atomic E-state index is 9.89. The summed E-state index contributed by atoms with van der Waals surface area (Å²) < 4.78 is 2.09. The SMILES string of the molecule is Cc1cccc2c1SC[N+](c1ccccc1O)=C2. The van der Waals surface area contributed by atoms with Gasteiger partial charge in [0, 0.05) is 11.0 Å². The van der Waals surface area contributed by atoms with E-state index in [0.29, 0.717) is 5.75 Å². The van der Waals surface area contributed by atoms with Crippen LogP contribution in [0.15, 0.2) is 47.4 Å². The van der Waals surface area contributed by atoms with E-state index in [2.05, 4.69) is 35.9 Å². The molecule has 0 saturated heterocycles. The number of para-hydroxylation sites is 2. The summed E-state index contributed by atoms with van der Waals surface area (Å²) in [6.07, 6.45) is 2.11. The van der Waals surface area contributed by atoms with Crippen molar-refractivity contribution in [1.29, 1.82) is 0 Å². The second-order valence-electron chi connectivity index (χ2n) is 4.35. The van der Waals surface area contributed by atoms with Crippen LogP contribution < -0.4 is 0 Å². The molecule has 0 unspecified atom stereocenters. The zero-order valence-electron chi connectivity index (χ0n) is 10.1. The van der Waals surface area contributed by atoms with Crippen molar-refractivity contribution in [3.63, 3.8) is 0 Å². The van der Waals surface area contributed by atoms with Crippen LogP contribution in [-0.4, -0.2) is 21.8 Å². The van der Waals surface area contributed by atoms with Crippen molar-refractivity contribution in [2.24, 2.45) is 0 Å². The van der Waals surface area contributed by atoms with Crippen LogP contribution in [0.3, 0.4) is 0 Å². The number of phenolic OH excluding ortho intramolecular Hbond substituents is 1. The first-order valence-electron chi connectivity index (χ1n) is 5.87. The standard InChI is InChI=1S/C15H13NOS/c1-11-5-4-6-12-9-16(10-18-15(11)12)13-7-2-3-8-14(13)17/h2-9H,10H2,1H3/p+1. The van der Waals surface area contributed by atoms with Crippen molar-refractivity contribution >= 4 is 23.7 Å². The number of rotatable bonds is 1. The number of hydrogen-bond acceptors (Lipinski definition) is 2. The van der Waals surface area contributed by atoms with Crippen LogP contribution >= 0.6 is 11.8 Å². The first-order valence-corrected chi connectivity index (χ1v) is 6.86. The minimum atomic E-state index is 0.324. The lowest BCUT2D eigenvalue weighted by Gasteiger charge is -2.13. The lowest BCUT2D eigenvalue weighted by molar-refractivity contribution is -0.412. The number of phenols is 1. The number of nitrogens with zero attached hydrogens (tertiary/aromatic N) is 1. The Balaban J connectivity index is 2.10. The normalized spacial score (nSPS) is 13.9. The van der Waals surface area contributed by atoms with E-state index >= 15 is 0 Å². The Hall–Kier alpha value is -1.74. The molecule has 0 bridgehead atoms. The van der Waals surface area contributed by atoms with Gasteiger partial charge in [0.05, 0.1) is 5.56 Å². The lowest BCUT2D eigenvalue weighted by Crippen LogP contribution is -2.13. The number of fused-ring (bicyclic) bond motifs is 1. The number of thioether (sulfide) groups is 1. The quantitative estimate of drug-likeness (QED) is 0.789. The van der Waals surface area contributed by atoms with Gasteiger partial charge in [-0.25, -0.2) is 0 Å². The molecule has 0 radical (unpaired) electrons. The summed E-state index contributed by atoms with van der Waals surface area (Å²) in [7, 11) is 0. The molecule has 90 valence electrons. The van der Waals surface area contributed by atoms with Gasteiger partial charge in [0.25, 0.3) is 0 Å². The van der Waals surface area contributed by atoms with E-state index in [-0.39, 0.29) is 0 Å². The second-order valence-corrected chi connectivity index (χ2v) is 5.31. The maximum Gasteiger partial charge on any atom is 0.248 e. The van der Waals surface area contributed by atoms with Crippen molar-refractivity contribution in [3.8, 4) is 5.75 Å². The van der Waals surface area contributed by atoms with E-state index in [1.54, 1.807) is 6.07 Å². The highest BCUT2D eigenvalue weighted by Gasteiger charge is 2.21. The molecular formula is C15H14NOS+. The van der Waals surface area contributed by atoms with E-state index in [1.807, 2.05) is 30.0 Å². The average molecular weight is 256 g/mol. The summed E-state index contributed by atoms with van der Waals surface area (Å²) in [6.45, 7) is 2.13. The summed E-state index contributed by atoms with van der Waals surface area (Å²) in [6, 6.07) is 13.8. The molecule has 2 aromatic carbocycles. The first kappa shape index (κ1) is 11.4. The molecule has 18 heavy (non-hydrogen) atoms. The zero-order chi connectivity index (χ0) is 12.5. The van der Waals surface area contributed by atoms with Gasteiger partial charge in [-0.1, -0.05) is 36.0 Å². The van der Waals surface area contributed by atoms with Crippen LogP contribution in [0.2, 0.25) is 0 Å². The Morgan fingerprint density at radius 2 is 1.94 bits per heavy atom. The summed E-state index contributed by atoms with van der Waals surface area (Å²) in [4.78, 5) is 1.34. The summed E-state index contributed by atoms with van der Waals surface area (Å²) in [5.74, 6) is 1.15. The molecule has 0 fully saturated rings. The molecule has 0 atom stereocenters.